The first-order valence-electron chi connectivity index (χ1n) is 6.49. The maximum atomic E-state index is 12.3. The molecule has 0 bridgehead atoms. The number of aromatic carboxylic acids is 1. The summed E-state index contributed by atoms with van der Waals surface area (Å²) in [4.78, 5) is 29.1. The van der Waals surface area contributed by atoms with E-state index in [4.69, 9.17) is 5.11 Å². The van der Waals surface area contributed by atoms with E-state index in [1.807, 2.05) is 0 Å². The third kappa shape index (κ3) is 2.92. The van der Waals surface area contributed by atoms with Gasteiger partial charge in [0.1, 0.15) is 5.69 Å². The summed E-state index contributed by atoms with van der Waals surface area (Å²) >= 11 is 0. The fraction of sp³-hybridized carbons (Fsp3) is 0.500. The monoisotopic (exact) mass is 262 g/mol. The Morgan fingerprint density at radius 3 is 2.74 bits per heavy atom. The van der Waals surface area contributed by atoms with Crippen LogP contribution >= 0.6 is 0 Å². The lowest BCUT2D eigenvalue weighted by Crippen LogP contribution is -2.39. The van der Waals surface area contributed by atoms with Gasteiger partial charge in [0.05, 0.1) is 11.3 Å². The number of nitrogens with zero attached hydrogens (tertiary/aromatic N) is 2. The Hall–Kier alpha value is -1.91. The summed E-state index contributed by atoms with van der Waals surface area (Å²) in [5, 5.41) is 8.94. The molecule has 0 aromatic carbocycles. The minimum atomic E-state index is -1.02. The van der Waals surface area contributed by atoms with Gasteiger partial charge in [-0.05, 0) is 37.8 Å². The Balaban J connectivity index is 2.19. The first-order chi connectivity index (χ1) is 8.99. The van der Waals surface area contributed by atoms with Crippen LogP contribution in [0.15, 0.2) is 12.1 Å². The number of carboxylic acids is 1. The fourth-order valence-electron chi connectivity index (χ4n) is 2.44. The van der Waals surface area contributed by atoms with Crippen molar-refractivity contribution in [3.05, 3.63) is 29.1 Å². The number of carbonyl (C=O) groups is 2. The number of carboxylic acid groups (broad SMARTS) is 1. The standard InChI is InChI=1S/C14H18N2O3/c1-9-4-3-7-16(8-9)13(17)12-6-5-11(14(18)19)10(2)15-12/h5-6,9H,3-4,7-8H2,1-2H3,(H,18,19). The molecule has 1 aliphatic rings. The molecular weight excluding hydrogens is 244 g/mol. The molecule has 5 nitrogen and oxygen atoms in total. The molecule has 1 fully saturated rings. The van der Waals surface area contributed by atoms with Gasteiger partial charge < -0.3 is 10.0 Å². The highest BCUT2D eigenvalue weighted by atomic mass is 16.4. The van der Waals surface area contributed by atoms with Crippen molar-refractivity contribution in [2.45, 2.75) is 26.7 Å². The van der Waals surface area contributed by atoms with Crippen LogP contribution in [0.1, 0.15) is 46.3 Å². The van der Waals surface area contributed by atoms with E-state index in [2.05, 4.69) is 11.9 Å². The summed E-state index contributed by atoms with van der Waals surface area (Å²) in [5.74, 6) is -0.612. The van der Waals surface area contributed by atoms with Crippen LogP contribution in [-0.2, 0) is 0 Å². The molecule has 102 valence electrons. The van der Waals surface area contributed by atoms with Gasteiger partial charge in [-0.1, -0.05) is 6.92 Å². The molecule has 1 atom stereocenters. The second-order valence-electron chi connectivity index (χ2n) is 5.13. The Morgan fingerprint density at radius 2 is 2.16 bits per heavy atom. The van der Waals surface area contributed by atoms with E-state index >= 15 is 0 Å². The van der Waals surface area contributed by atoms with Crippen molar-refractivity contribution in [2.24, 2.45) is 5.92 Å². The number of likely N-dealkylation sites (tertiary alicyclic amines) is 1. The molecule has 1 saturated heterocycles. The van der Waals surface area contributed by atoms with Crippen LogP contribution in [0.3, 0.4) is 0 Å². The van der Waals surface area contributed by atoms with Crippen LogP contribution in [0.25, 0.3) is 0 Å². The van der Waals surface area contributed by atoms with Crippen molar-refractivity contribution in [3.63, 3.8) is 0 Å². The molecule has 1 N–H and O–H groups in total. The van der Waals surface area contributed by atoms with E-state index in [0.717, 1.165) is 25.9 Å². The number of hydrogen-bond donors (Lipinski definition) is 1. The Kier molecular flexibility index (Phi) is 3.83. The highest BCUT2D eigenvalue weighted by Gasteiger charge is 2.23. The number of rotatable bonds is 2. The average molecular weight is 262 g/mol. The summed E-state index contributed by atoms with van der Waals surface area (Å²) in [6.45, 7) is 5.25. The highest BCUT2D eigenvalue weighted by molar-refractivity contribution is 5.94. The van der Waals surface area contributed by atoms with Crippen LogP contribution in [0.2, 0.25) is 0 Å². The number of carbonyl (C=O) groups excluding carboxylic acids is 1. The predicted octanol–water partition coefficient (Wildman–Crippen LogP) is 1.96. The predicted molar refractivity (Wildman–Crippen MR) is 70.2 cm³/mol. The van der Waals surface area contributed by atoms with Crippen molar-refractivity contribution in [3.8, 4) is 0 Å². The van der Waals surface area contributed by atoms with Gasteiger partial charge in [0, 0.05) is 13.1 Å². The Labute approximate surface area is 112 Å². The van der Waals surface area contributed by atoms with Crippen LogP contribution < -0.4 is 0 Å². The zero-order valence-electron chi connectivity index (χ0n) is 11.2. The average Bonchev–Trinajstić information content (AvgIpc) is 2.37. The van der Waals surface area contributed by atoms with E-state index < -0.39 is 5.97 Å². The van der Waals surface area contributed by atoms with Gasteiger partial charge >= 0.3 is 5.97 Å². The number of piperidine rings is 1. The molecule has 1 unspecified atom stereocenters. The van der Waals surface area contributed by atoms with Crippen molar-refractivity contribution in [2.75, 3.05) is 13.1 Å². The topological polar surface area (TPSA) is 70.5 Å². The molecule has 19 heavy (non-hydrogen) atoms. The molecule has 1 aromatic rings. The second kappa shape index (κ2) is 5.38. The van der Waals surface area contributed by atoms with Gasteiger partial charge in [-0.2, -0.15) is 0 Å². The summed E-state index contributed by atoms with van der Waals surface area (Å²) < 4.78 is 0. The van der Waals surface area contributed by atoms with Crippen LogP contribution in [0.4, 0.5) is 0 Å². The molecule has 5 heteroatoms. The first kappa shape index (κ1) is 13.5. The van der Waals surface area contributed by atoms with Gasteiger partial charge in [0.25, 0.3) is 5.91 Å². The number of amides is 1. The smallest absolute Gasteiger partial charge is 0.337 e. The van der Waals surface area contributed by atoms with Gasteiger partial charge in [0.2, 0.25) is 0 Å². The number of aromatic nitrogens is 1. The molecule has 0 radical (unpaired) electrons. The van der Waals surface area contributed by atoms with Crippen molar-refractivity contribution in [1.29, 1.82) is 0 Å². The number of pyridine rings is 1. The lowest BCUT2D eigenvalue weighted by atomic mass is 10.00. The van der Waals surface area contributed by atoms with Crippen molar-refractivity contribution in [1.82, 2.24) is 9.88 Å². The van der Waals surface area contributed by atoms with E-state index in [0.29, 0.717) is 17.3 Å². The quantitative estimate of drug-likeness (QED) is 0.884. The number of hydrogen-bond acceptors (Lipinski definition) is 3. The molecular formula is C14H18N2O3. The lowest BCUT2D eigenvalue weighted by Gasteiger charge is -2.30. The minimum absolute atomic E-state index is 0.105. The van der Waals surface area contributed by atoms with Gasteiger partial charge in [-0.3, -0.25) is 4.79 Å². The van der Waals surface area contributed by atoms with E-state index in [-0.39, 0.29) is 11.5 Å². The van der Waals surface area contributed by atoms with Gasteiger partial charge in [-0.25, -0.2) is 9.78 Å². The van der Waals surface area contributed by atoms with Crippen molar-refractivity contribution < 1.29 is 14.7 Å². The maximum absolute atomic E-state index is 12.3. The maximum Gasteiger partial charge on any atom is 0.337 e. The summed E-state index contributed by atoms with van der Waals surface area (Å²) in [6, 6.07) is 2.95. The zero-order valence-corrected chi connectivity index (χ0v) is 11.2. The molecule has 1 aromatic heterocycles. The van der Waals surface area contributed by atoms with Crippen molar-refractivity contribution >= 4 is 11.9 Å². The SMILES string of the molecule is Cc1nc(C(=O)N2CCCC(C)C2)ccc1C(=O)O. The van der Waals surface area contributed by atoms with Gasteiger partial charge in [-0.15, -0.1) is 0 Å². The van der Waals surface area contributed by atoms with E-state index in [1.165, 1.54) is 12.1 Å². The molecule has 1 aliphatic heterocycles. The number of aryl methyl sites for hydroxylation is 1. The Bertz CT molecular complexity index is 513. The van der Waals surface area contributed by atoms with Crippen LogP contribution in [-0.4, -0.2) is 40.0 Å². The lowest BCUT2D eigenvalue weighted by molar-refractivity contribution is 0.0668. The van der Waals surface area contributed by atoms with Crippen LogP contribution in [0, 0.1) is 12.8 Å². The minimum Gasteiger partial charge on any atom is -0.478 e. The summed E-state index contributed by atoms with van der Waals surface area (Å²) in [7, 11) is 0. The highest BCUT2D eigenvalue weighted by Crippen LogP contribution is 2.18. The van der Waals surface area contributed by atoms with Crippen LogP contribution in [0.5, 0.6) is 0 Å². The normalized spacial score (nSPS) is 19.3. The van der Waals surface area contributed by atoms with E-state index in [1.54, 1.807) is 11.8 Å². The largest absolute Gasteiger partial charge is 0.478 e. The Morgan fingerprint density at radius 1 is 1.42 bits per heavy atom. The molecule has 0 saturated carbocycles. The van der Waals surface area contributed by atoms with E-state index in [9.17, 15) is 9.59 Å². The summed E-state index contributed by atoms with van der Waals surface area (Å²) in [6.07, 6.45) is 2.16. The first-order valence-corrected chi connectivity index (χ1v) is 6.49. The van der Waals surface area contributed by atoms with Gasteiger partial charge in [0.15, 0.2) is 0 Å². The summed E-state index contributed by atoms with van der Waals surface area (Å²) in [5.41, 5.74) is 0.851. The molecule has 0 spiro atoms. The molecule has 2 rings (SSSR count). The fourth-order valence-corrected chi connectivity index (χ4v) is 2.44. The zero-order chi connectivity index (χ0) is 14.0. The molecule has 1 amide bonds. The second-order valence-corrected chi connectivity index (χ2v) is 5.13. The third-order valence-electron chi connectivity index (χ3n) is 3.48. The molecule has 2 heterocycles. The third-order valence-corrected chi connectivity index (χ3v) is 3.48. The molecule has 0 aliphatic carbocycles.